The Morgan fingerprint density at radius 1 is 1.40 bits per heavy atom. The second-order valence-electron chi connectivity index (χ2n) is 5.10. The van der Waals surface area contributed by atoms with Crippen molar-refractivity contribution in [1.29, 1.82) is 0 Å². The molecular formula is C15H15BrN2O2. The minimum absolute atomic E-state index is 0.301. The van der Waals surface area contributed by atoms with Crippen molar-refractivity contribution in [3.63, 3.8) is 0 Å². The molecule has 2 N–H and O–H groups in total. The maximum absolute atomic E-state index is 11.5. The standard InChI is InChI=1S/C15H15BrN2O2/c16-10-3-4-13-11(6-10)12(15(19)20)7-14(18-13)9-2-1-5-17-8-9/h3-4,6-7,9,17H,1-2,5,8H2,(H,19,20). The van der Waals surface area contributed by atoms with Gasteiger partial charge in [-0.15, -0.1) is 0 Å². The molecule has 2 aromatic rings. The van der Waals surface area contributed by atoms with Gasteiger partial charge in [0.05, 0.1) is 11.1 Å². The van der Waals surface area contributed by atoms with Crippen molar-refractivity contribution in [1.82, 2.24) is 10.3 Å². The zero-order valence-corrected chi connectivity index (χ0v) is 12.5. The van der Waals surface area contributed by atoms with Gasteiger partial charge in [0.15, 0.2) is 0 Å². The van der Waals surface area contributed by atoms with Crippen molar-refractivity contribution in [2.24, 2.45) is 0 Å². The van der Waals surface area contributed by atoms with Gasteiger partial charge in [0.1, 0.15) is 0 Å². The van der Waals surface area contributed by atoms with Gasteiger partial charge in [-0.25, -0.2) is 4.79 Å². The predicted octanol–water partition coefficient (Wildman–Crippen LogP) is 3.16. The van der Waals surface area contributed by atoms with Crippen LogP contribution in [0.15, 0.2) is 28.7 Å². The average molecular weight is 335 g/mol. The van der Waals surface area contributed by atoms with Gasteiger partial charge >= 0.3 is 5.97 Å². The van der Waals surface area contributed by atoms with Crippen molar-refractivity contribution in [3.8, 4) is 0 Å². The molecule has 20 heavy (non-hydrogen) atoms. The molecule has 1 atom stereocenters. The summed E-state index contributed by atoms with van der Waals surface area (Å²) < 4.78 is 0.862. The number of pyridine rings is 1. The number of carboxylic acids is 1. The monoisotopic (exact) mass is 334 g/mol. The third-order valence-electron chi connectivity index (χ3n) is 3.74. The quantitative estimate of drug-likeness (QED) is 0.885. The van der Waals surface area contributed by atoms with Crippen LogP contribution in [0.2, 0.25) is 0 Å². The molecule has 1 fully saturated rings. The summed E-state index contributed by atoms with van der Waals surface area (Å²) in [7, 11) is 0. The summed E-state index contributed by atoms with van der Waals surface area (Å²) in [6.07, 6.45) is 2.16. The summed E-state index contributed by atoms with van der Waals surface area (Å²) in [4.78, 5) is 16.2. The summed E-state index contributed by atoms with van der Waals surface area (Å²) in [5, 5.41) is 13.5. The van der Waals surface area contributed by atoms with Crippen LogP contribution in [0.5, 0.6) is 0 Å². The SMILES string of the molecule is O=C(O)c1cc(C2CCCNC2)nc2ccc(Br)cc12. The minimum Gasteiger partial charge on any atom is -0.478 e. The number of benzene rings is 1. The molecule has 1 aliphatic heterocycles. The van der Waals surface area contributed by atoms with E-state index in [1.165, 1.54) is 0 Å². The summed E-state index contributed by atoms with van der Waals surface area (Å²) in [6, 6.07) is 7.30. The lowest BCUT2D eigenvalue weighted by Crippen LogP contribution is -2.29. The van der Waals surface area contributed by atoms with E-state index >= 15 is 0 Å². The van der Waals surface area contributed by atoms with E-state index in [4.69, 9.17) is 0 Å². The first-order chi connectivity index (χ1) is 9.65. The fourth-order valence-electron chi connectivity index (χ4n) is 2.71. The Morgan fingerprint density at radius 2 is 2.25 bits per heavy atom. The number of carboxylic acid groups (broad SMARTS) is 1. The molecule has 1 unspecified atom stereocenters. The number of fused-ring (bicyclic) bond motifs is 1. The number of rotatable bonds is 2. The lowest BCUT2D eigenvalue weighted by Gasteiger charge is -2.23. The van der Waals surface area contributed by atoms with Crippen LogP contribution in [0.1, 0.15) is 34.8 Å². The van der Waals surface area contributed by atoms with Gasteiger partial charge in [0.2, 0.25) is 0 Å². The predicted molar refractivity (Wildman–Crippen MR) is 81.2 cm³/mol. The number of carbonyl (C=O) groups is 1. The zero-order valence-electron chi connectivity index (χ0n) is 10.9. The van der Waals surface area contributed by atoms with Crippen LogP contribution in [0.25, 0.3) is 10.9 Å². The van der Waals surface area contributed by atoms with Gasteiger partial charge in [-0.2, -0.15) is 0 Å². The van der Waals surface area contributed by atoms with Gasteiger partial charge in [0, 0.05) is 28.0 Å². The van der Waals surface area contributed by atoms with E-state index in [1.807, 2.05) is 18.2 Å². The highest BCUT2D eigenvalue weighted by atomic mass is 79.9. The second-order valence-corrected chi connectivity index (χ2v) is 6.02. The van der Waals surface area contributed by atoms with Crippen LogP contribution < -0.4 is 5.32 Å². The largest absolute Gasteiger partial charge is 0.478 e. The molecular weight excluding hydrogens is 320 g/mol. The van der Waals surface area contributed by atoms with E-state index < -0.39 is 5.97 Å². The first kappa shape index (κ1) is 13.5. The third kappa shape index (κ3) is 2.55. The molecule has 1 aromatic carbocycles. The summed E-state index contributed by atoms with van der Waals surface area (Å²) >= 11 is 3.38. The number of nitrogens with zero attached hydrogens (tertiary/aromatic N) is 1. The topological polar surface area (TPSA) is 62.2 Å². The van der Waals surface area contributed by atoms with Gasteiger partial charge in [-0.1, -0.05) is 15.9 Å². The Morgan fingerprint density at radius 3 is 2.95 bits per heavy atom. The number of aromatic nitrogens is 1. The maximum Gasteiger partial charge on any atom is 0.336 e. The van der Waals surface area contributed by atoms with Crippen LogP contribution in [0.4, 0.5) is 0 Å². The number of piperidine rings is 1. The van der Waals surface area contributed by atoms with E-state index in [1.54, 1.807) is 6.07 Å². The summed E-state index contributed by atoms with van der Waals surface area (Å²) in [5.74, 6) is -0.601. The van der Waals surface area contributed by atoms with Crippen molar-refractivity contribution in [3.05, 3.63) is 40.0 Å². The molecule has 1 saturated heterocycles. The zero-order chi connectivity index (χ0) is 14.1. The van der Waals surface area contributed by atoms with Crippen LogP contribution in [0, 0.1) is 0 Å². The second kappa shape index (κ2) is 5.50. The van der Waals surface area contributed by atoms with Crippen molar-refractivity contribution in [2.75, 3.05) is 13.1 Å². The first-order valence-electron chi connectivity index (χ1n) is 6.69. The van der Waals surface area contributed by atoms with Crippen LogP contribution >= 0.6 is 15.9 Å². The van der Waals surface area contributed by atoms with E-state index in [0.29, 0.717) is 16.9 Å². The molecule has 2 heterocycles. The molecule has 1 aliphatic rings. The van der Waals surface area contributed by atoms with E-state index in [2.05, 4.69) is 26.2 Å². The fraction of sp³-hybridized carbons (Fsp3) is 0.333. The Kier molecular flexibility index (Phi) is 3.72. The lowest BCUT2D eigenvalue weighted by molar-refractivity contribution is 0.0699. The Hall–Kier alpha value is -1.46. The first-order valence-corrected chi connectivity index (χ1v) is 7.48. The molecule has 4 nitrogen and oxygen atoms in total. The third-order valence-corrected chi connectivity index (χ3v) is 4.23. The van der Waals surface area contributed by atoms with Gasteiger partial charge < -0.3 is 10.4 Å². The molecule has 0 amide bonds. The van der Waals surface area contributed by atoms with Gasteiger partial charge in [-0.3, -0.25) is 4.98 Å². The van der Waals surface area contributed by atoms with Crippen LogP contribution in [-0.4, -0.2) is 29.1 Å². The number of aromatic carboxylic acids is 1. The maximum atomic E-state index is 11.5. The number of hydrogen-bond donors (Lipinski definition) is 2. The minimum atomic E-state index is -0.902. The van der Waals surface area contributed by atoms with Crippen molar-refractivity contribution >= 4 is 32.8 Å². The van der Waals surface area contributed by atoms with Crippen LogP contribution in [0.3, 0.4) is 0 Å². The smallest absolute Gasteiger partial charge is 0.336 e. The summed E-state index contributed by atoms with van der Waals surface area (Å²) in [6.45, 7) is 1.90. The van der Waals surface area contributed by atoms with E-state index in [-0.39, 0.29) is 0 Å². The molecule has 0 saturated carbocycles. The normalized spacial score (nSPS) is 19.1. The highest BCUT2D eigenvalue weighted by Crippen LogP contribution is 2.28. The molecule has 0 bridgehead atoms. The van der Waals surface area contributed by atoms with Crippen molar-refractivity contribution < 1.29 is 9.90 Å². The Labute approximate surface area is 125 Å². The molecule has 0 aliphatic carbocycles. The van der Waals surface area contributed by atoms with Crippen molar-refractivity contribution in [2.45, 2.75) is 18.8 Å². The Bertz CT molecular complexity index is 666. The molecule has 0 spiro atoms. The highest BCUT2D eigenvalue weighted by molar-refractivity contribution is 9.10. The molecule has 1 aromatic heterocycles. The fourth-order valence-corrected chi connectivity index (χ4v) is 3.07. The molecule has 3 rings (SSSR count). The lowest BCUT2D eigenvalue weighted by atomic mass is 9.93. The van der Waals surface area contributed by atoms with Gasteiger partial charge in [0.25, 0.3) is 0 Å². The Balaban J connectivity index is 2.15. The number of hydrogen-bond acceptors (Lipinski definition) is 3. The number of halogens is 1. The molecule has 5 heteroatoms. The average Bonchev–Trinajstić information content (AvgIpc) is 2.47. The van der Waals surface area contributed by atoms with E-state index in [0.717, 1.165) is 41.6 Å². The number of nitrogens with one attached hydrogen (secondary N) is 1. The van der Waals surface area contributed by atoms with Gasteiger partial charge in [-0.05, 0) is 43.7 Å². The summed E-state index contributed by atoms with van der Waals surface area (Å²) in [5.41, 5.74) is 1.95. The molecule has 0 radical (unpaired) electrons. The molecule has 104 valence electrons. The highest BCUT2D eigenvalue weighted by Gasteiger charge is 2.20. The van der Waals surface area contributed by atoms with Crippen LogP contribution in [-0.2, 0) is 0 Å². The van der Waals surface area contributed by atoms with E-state index in [9.17, 15) is 9.90 Å².